The highest BCUT2D eigenvalue weighted by atomic mass is 16.5. The van der Waals surface area contributed by atoms with Gasteiger partial charge < -0.3 is 15.4 Å². The number of benzene rings is 1. The summed E-state index contributed by atoms with van der Waals surface area (Å²) in [6, 6.07) is 8.24. The van der Waals surface area contributed by atoms with Crippen LogP contribution in [-0.2, 0) is 11.3 Å². The van der Waals surface area contributed by atoms with Crippen molar-refractivity contribution in [3.05, 3.63) is 29.8 Å². The Morgan fingerprint density at radius 2 is 2.07 bits per heavy atom. The molecule has 2 N–H and O–H groups in total. The van der Waals surface area contributed by atoms with Crippen LogP contribution in [0.25, 0.3) is 0 Å². The molecule has 0 aliphatic heterocycles. The summed E-state index contributed by atoms with van der Waals surface area (Å²) >= 11 is 0. The molecule has 0 fully saturated rings. The normalized spacial score (nSPS) is 10.3. The van der Waals surface area contributed by atoms with Gasteiger partial charge in [-0.1, -0.05) is 18.2 Å². The Hall–Kier alpha value is -1.06. The fourth-order valence-electron chi connectivity index (χ4n) is 1.62. The van der Waals surface area contributed by atoms with E-state index >= 15 is 0 Å². The largest absolute Gasteiger partial charge is 0.385 e. The summed E-state index contributed by atoms with van der Waals surface area (Å²) in [6.07, 6.45) is 1.03. The highest BCUT2D eigenvalue weighted by Gasteiger charge is 2.04. The predicted molar refractivity (Wildman–Crippen MR) is 64.1 cm³/mol. The minimum Gasteiger partial charge on any atom is -0.385 e. The zero-order valence-corrected chi connectivity index (χ0v) is 9.57. The Labute approximate surface area is 91.8 Å². The van der Waals surface area contributed by atoms with Crippen LogP contribution in [0.15, 0.2) is 24.3 Å². The second-order valence-corrected chi connectivity index (χ2v) is 3.60. The van der Waals surface area contributed by atoms with Crippen molar-refractivity contribution < 1.29 is 4.74 Å². The maximum atomic E-state index is 5.69. The molecule has 0 saturated carbocycles. The fraction of sp³-hybridized carbons (Fsp3) is 0.500. The zero-order chi connectivity index (χ0) is 11.1. The quantitative estimate of drug-likeness (QED) is 0.722. The zero-order valence-electron chi connectivity index (χ0n) is 9.57. The van der Waals surface area contributed by atoms with Crippen LogP contribution in [-0.4, -0.2) is 27.3 Å². The van der Waals surface area contributed by atoms with E-state index in [1.807, 2.05) is 12.1 Å². The molecule has 15 heavy (non-hydrogen) atoms. The topological polar surface area (TPSA) is 38.5 Å². The van der Waals surface area contributed by atoms with Gasteiger partial charge in [0.1, 0.15) is 0 Å². The first-order valence-electron chi connectivity index (χ1n) is 5.27. The summed E-state index contributed by atoms with van der Waals surface area (Å²) in [6.45, 7) is 2.38. The summed E-state index contributed by atoms with van der Waals surface area (Å²) in [5.74, 6) is 0. The SMILES string of the molecule is COCCCN(C)c1ccccc1CN. The lowest BCUT2D eigenvalue weighted by molar-refractivity contribution is 0.196. The molecule has 0 radical (unpaired) electrons. The molecule has 0 amide bonds. The van der Waals surface area contributed by atoms with E-state index in [1.165, 1.54) is 11.3 Å². The molecule has 0 saturated heterocycles. The van der Waals surface area contributed by atoms with Crippen LogP contribution in [0, 0.1) is 0 Å². The molecule has 3 heteroatoms. The van der Waals surface area contributed by atoms with Crippen molar-refractivity contribution in [1.82, 2.24) is 0 Å². The van der Waals surface area contributed by atoms with Crippen molar-refractivity contribution in [3.8, 4) is 0 Å². The van der Waals surface area contributed by atoms with E-state index in [0.717, 1.165) is 19.6 Å². The van der Waals surface area contributed by atoms with Crippen LogP contribution in [0.5, 0.6) is 0 Å². The van der Waals surface area contributed by atoms with Gasteiger partial charge in [0, 0.05) is 39.5 Å². The summed E-state index contributed by atoms with van der Waals surface area (Å²) in [5, 5.41) is 0. The number of hydrogen-bond donors (Lipinski definition) is 1. The first kappa shape index (κ1) is 12.0. The first-order valence-corrected chi connectivity index (χ1v) is 5.27. The summed E-state index contributed by atoms with van der Waals surface area (Å²) in [7, 11) is 3.82. The highest BCUT2D eigenvalue weighted by molar-refractivity contribution is 5.52. The maximum absolute atomic E-state index is 5.69. The third kappa shape index (κ3) is 3.53. The van der Waals surface area contributed by atoms with Gasteiger partial charge >= 0.3 is 0 Å². The maximum Gasteiger partial charge on any atom is 0.0479 e. The highest BCUT2D eigenvalue weighted by Crippen LogP contribution is 2.18. The van der Waals surface area contributed by atoms with Crippen molar-refractivity contribution in [3.63, 3.8) is 0 Å². The molecule has 84 valence electrons. The number of methoxy groups -OCH3 is 1. The molecule has 0 heterocycles. The summed E-state index contributed by atoms with van der Waals surface area (Å²) in [5.41, 5.74) is 8.10. The van der Waals surface area contributed by atoms with Gasteiger partial charge in [-0.25, -0.2) is 0 Å². The van der Waals surface area contributed by atoms with Crippen LogP contribution in [0.4, 0.5) is 5.69 Å². The van der Waals surface area contributed by atoms with Gasteiger partial charge in [-0.2, -0.15) is 0 Å². The van der Waals surface area contributed by atoms with Gasteiger partial charge in [0.15, 0.2) is 0 Å². The standard InChI is InChI=1S/C12H20N2O/c1-14(8-5-9-15-2)12-7-4-3-6-11(12)10-13/h3-4,6-7H,5,8-10,13H2,1-2H3. The van der Waals surface area contributed by atoms with Crippen molar-refractivity contribution >= 4 is 5.69 Å². The van der Waals surface area contributed by atoms with Crippen molar-refractivity contribution in [2.24, 2.45) is 5.73 Å². The second kappa shape index (κ2) is 6.43. The van der Waals surface area contributed by atoms with Crippen LogP contribution < -0.4 is 10.6 Å². The number of ether oxygens (including phenoxy) is 1. The minimum atomic E-state index is 0.588. The third-order valence-corrected chi connectivity index (χ3v) is 2.46. The molecule has 0 aliphatic rings. The van der Waals surface area contributed by atoms with Crippen molar-refractivity contribution in [2.75, 3.05) is 32.2 Å². The van der Waals surface area contributed by atoms with E-state index in [2.05, 4.69) is 24.1 Å². The number of rotatable bonds is 6. The van der Waals surface area contributed by atoms with E-state index in [4.69, 9.17) is 10.5 Å². The average molecular weight is 208 g/mol. The molecule has 0 unspecified atom stereocenters. The molecule has 0 bridgehead atoms. The molecule has 0 aliphatic carbocycles. The second-order valence-electron chi connectivity index (χ2n) is 3.60. The first-order chi connectivity index (χ1) is 7.29. The van der Waals surface area contributed by atoms with Crippen molar-refractivity contribution in [2.45, 2.75) is 13.0 Å². The van der Waals surface area contributed by atoms with Crippen molar-refractivity contribution in [1.29, 1.82) is 0 Å². The molecule has 0 atom stereocenters. The Morgan fingerprint density at radius 1 is 1.33 bits per heavy atom. The summed E-state index contributed by atoms with van der Waals surface area (Å²) in [4.78, 5) is 2.22. The van der Waals surface area contributed by atoms with Crippen LogP contribution >= 0.6 is 0 Å². The molecule has 1 aromatic carbocycles. The van der Waals surface area contributed by atoms with E-state index in [9.17, 15) is 0 Å². The van der Waals surface area contributed by atoms with Gasteiger partial charge in [0.05, 0.1) is 0 Å². The minimum absolute atomic E-state index is 0.588. The summed E-state index contributed by atoms with van der Waals surface area (Å²) < 4.78 is 5.03. The monoisotopic (exact) mass is 208 g/mol. The van der Waals surface area contributed by atoms with Crippen LogP contribution in [0.3, 0.4) is 0 Å². The Bertz CT molecular complexity index is 289. The molecule has 0 aromatic heterocycles. The lowest BCUT2D eigenvalue weighted by atomic mass is 10.1. The molecule has 3 nitrogen and oxygen atoms in total. The number of anilines is 1. The third-order valence-electron chi connectivity index (χ3n) is 2.46. The van der Waals surface area contributed by atoms with E-state index < -0.39 is 0 Å². The average Bonchev–Trinajstić information content (AvgIpc) is 2.29. The lowest BCUT2D eigenvalue weighted by Crippen LogP contribution is -2.21. The molecular formula is C12H20N2O. The fourth-order valence-corrected chi connectivity index (χ4v) is 1.62. The Balaban J connectivity index is 2.59. The molecule has 1 rings (SSSR count). The molecular weight excluding hydrogens is 188 g/mol. The van der Waals surface area contributed by atoms with E-state index in [0.29, 0.717) is 6.54 Å². The van der Waals surface area contributed by atoms with Gasteiger partial charge in [0.2, 0.25) is 0 Å². The van der Waals surface area contributed by atoms with Gasteiger partial charge in [-0.3, -0.25) is 0 Å². The van der Waals surface area contributed by atoms with Gasteiger partial charge in [0.25, 0.3) is 0 Å². The Morgan fingerprint density at radius 3 is 2.73 bits per heavy atom. The van der Waals surface area contributed by atoms with Crippen LogP contribution in [0.1, 0.15) is 12.0 Å². The molecule has 1 aromatic rings. The number of nitrogens with zero attached hydrogens (tertiary/aromatic N) is 1. The molecule has 0 spiro atoms. The predicted octanol–water partition coefficient (Wildman–Crippen LogP) is 1.62. The Kier molecular flexibility index (Phi) is 5.15. The van der Waals surface area contributed by atoms with E-state index in [1.54, 1.807) is 7.11 Å². The number of hydrogen-bond acceptors (Lipinski definition) is 3. The smallest absolute Gasteiger partial charge is 0.0479 e. The van der Waals surface area contributed by atoms with Gasteiger partial charge in [-0.05, 0) is 18.1 Å². The number of nitrogens with two attached hydrogens (primary N) is 1. The van der Waals surface area contributed by atoms with Crippen LogP contribution in [0.2, 0.25) is 0 Å². The number of para-hydroxylation sites is 1. The van der Waals surface area contributed by atoms with Gasteiger partial charge in [-0.15, -0.1) is 0 Å². The lowest BCUT2D eigenvalue weighted by Gasteiger charge is -2.21. The van der Waals surface area contributed by atoms with E-state index in [-0.39, 0.29) is 0 Å².